The van der Waals surface area contributed by atoms with Crippen molar-refractivity contribution in [2.45, 2.75) is 36.8 Å². The third-order valence-corrected chi connectivity index (χ3v) is 5.92. The average Bonchev–Trinajstić information content (AvgIpc) is 2.38. The van der Waals surface area contributed by atoms with Gasteiger partial charge in [0.1, 0.15) is 0 Å². The lowest BCUT2D eigenvalue weighted by Gasteiger charge is -2.34. The van der Waals surface area contributed by atoms with Gasteiger partial charge in [-0.1, -0.05) is 6.07 Å². The number of aliphatic hydroxyl groups excluding tert-OH is 1. The number of hydrogen-bond acceptors (Lipinski definition) is 4. The van der Waals surface area contributed by atoms with E-state index in [4.69, 9.17) is 9.84 Å². The van der Waals surface area contributed by atoms with Crippen LogP contribution in [-0.4, -0.2) is 32.3 Å². The molecule has 2 N–H and O–H groups in total. The topological polar surface area (TPSA) is 75.6 Å². The minimum atomic E-state index is -3.67. The van der Waals surface area contributed by atoms with E-state index in [2.05, 4.69) is 20.7 Å². The summed E-state index contributed by atoms with van der Waals surface area (Å²) in [6, 6.07) is 4.77. The molecule has 112 valence electrons. The van der Waals surface area contributed by atoms with Crippen LogP contribution in [-0.2, 0) is 21.4 Å². The number of ether oxygens (including phenoxy) is 1. The van der Waals surface area contributed by atoms with E-state index >= 15 is 0 Å². The number of sulfonamides is 1. The van der Waals surface area contributed by atoms with Crippen molar-refractivity contribution >= 4 is 26.0 Å². The van der Waals surface area contributed by atoms with Crippen LogP contribution in [0.15, 0.2) is 27.6 Å². The highest BCUT2D eigenvalue weighted by Crippen LogP contribution is 2.27. The lowest BCUT2D eigenvalue weighted by molar-refractivity contribution is 0.0386. The fourth-order valence-corrected chi connectivity index (χ4v) is 4.68. The number of rotatable bonds is 4. The maximum atomic E-state index is 12.5. The molecular formula is C13H18BrNO4S. The molecule has 0 aliphatic carbocycles. The Morgan fingerprint density at radius 1 is 1.50 bits per heavy atom. The normalized spacial score (nSPS) is 23.8. The first-order valence-corrected chi connectivity index (χ1v) is 8.65. The van der Waals surface area contributed by atoms with Crippen molar-refractivity contribution in [2.24, 2.45) is 0 Å². The van der Waals surface area contributed by atoms with E-state index < -0.39 is 15.6 Å². The number of nitrogens with one attached hydrogen (secondary N) is 1. The van der Waals surface area contributed by atoms with E-state index in [-0.39, 0.29) is 11.5 Å². The van der Waals surface area contributed by atoms with Gasteiger partial charge in [-0.05, 0) is 53.4 Å². The minimum absolute atomic E-state index is 0.135. The van der Waals surface area contributed by atoms with E-state index in [1.54, 1.807) is 12.1 Å². The highest BCUT2D eigenvalue weighted by atomic mass is 79.9. The Kier molecular flexibility index (Phi) is 4.86. The second-order valence-electron chi connectivity index (χ2n) is 5.25. The van der Waals surface area contributed by atoms with Crippen molar-refractivity contribution in [1.29, 1.82) is 0 Å². The molecule has 1 aromatic carbocycles. The lowest BCUT2D eigenvalue weighted by atomic mass is 9.97. The predicted octanol–water partition coefficient (Wildman–Crippen LogP) is 1.79. The van der Waals surface area contributed by atoms with E-state index in [9.17, 15) is 8.42 Å². The molecule has 1 fully saturated rings. The Hall–Kier alpha value is -0.470. The van der Waals surface area contributed by atoms with Gasteiger partial charge in [0.05, 0.1) is 23.6 Å². The minimum Gasteiger partial charge on any atom is -0.392 e. The van der Waals surface area contributed by atoms with Gasteiger partial charge in [-0.2, -0.15) is 0 Å². The van der Waals surface area contributed by atoms with Crippen LogP contribution in [0.3, 0.4) is 0 Å². The van der Waals surface area contributed by atoms with Crippen molar-refractivity contribution in [1.82, 2.24) is 4.72 Å². The summed E-state index contributed by atoms with van der Waals surface area (Å²) >= 11 is 3.25. The first kappa shape index (κ1) is 15.9. The molecule has 0 radical (unpaired) electrons. The molecule has 1 aromatic rings. The van der Waals surface area contributed by atoms with E-state index in [1.165, 1.54) is 6.07 Å². The van der Waals surface area contributed by atoms with Gasteiger partial charge in [-0.25, -0.2) is 13.1 Å². The molecule has 0 amide bonds. The standard InChI is InChI=1S/C13H18BrNO4S/c1-13(5-2-6-19-9-13)15-20(17,18)12-7-10(8-16)3-4-11(12)14/h3-4,7,15-16H,2,5-6,8-9H2,1H3. The smallest absolute Gasteiger partial charge is 0.242 e. The second-order valence-corrected chi connectivity index (χ2v) is 7.75. The molecular weight excluding hydrogens is 346 g/mol. The third-order valence-electron chi connectivity index (χ3n) is 3.29. The van der Waals surface area contributed by atoms with Gasteiger partial charge < -0.3 is 9.84 Å². The number of halogens is 1. The molecule has 1 aliphatic heterocycles. The Bertz CT molecular complexity index is 582. The molecule has 1 heterocycles. The quantitative estimate of drug-likeness (QED) is 0.854. The predicted molar refractivity (Wildman–Crippen MR) is 78.8 cm³/mol. The maximum Gasteiger partial charge on any atom is 0.242 e. The van der Waals surface area contributed by atoms with E-state index in [1.807, 2.05) is 6.92 Å². The summed E-state index contributed by atoms with van der Waals surface area (Å²) in [6.07, 6.45) is 1.57. The molecule has 0 bridgehead atoms. The molecule has 2 rings (SSSR count). The van der Waals surface area contributed by atoms with Crippen LogP contribution >= 0.6 is 15.9 Å². The third kappa shape index (κ3) is 3.59. The van der Waals surface area contributed by atoms with Crippen molar-refractivity contribution in [3.8, 4) is 0 Å². The first-order chi connectivity index (χ1) is 9.36. The highest BCUT2D eigenvalue weighted by Gasteiger charge is 2.33. The molecule has 0 aromatic heterocycles. The summed E-state index contributed by atoms with van der Waals surface area (Å²) in [6.45, 7) is 2.67. The summed E-state index contributed by atoms with van der Waals surface area (Å²) in [7, 11) is -3.67. The number of aliphatic hydroxyl groups is 1. The Labute approximate surface area is 127 Å². The molecule has 20 heavy (non-hydrogen) atoms. The van der Waals surface area contributed by atoms with Crippen molar-refractivity contribution in [3.63, 3.8) is 0 Å². The summed E-state index contributed by atoms with van der Waals surface area (Å²) in [4.78, 5) is 0.135. The largest absolute Gasteiger partial charge is 0.392 e. The summed E-state index contributed by atoms with van der Waals surface area (Å²) in [5.74, 6) is 0. The summed E-state index contributed by atoms with van der Waals surface area (Å²) < 4.78 is 33.6. The molecule has 0 saturated carbocycles. The molecule has 0 spiro atoms. The highest BCUT2D eigenvalue weighted by molar-refractivity contribution is 9.10. The maximum absolute atomic E-state index is 12.5. The number of hydrogen-bond donors (Lipinski definition) is 2. The van der Waals surface area contributed by atoms with Gasteiger partial charge in [0.25, 0.3) is 0 Å². The zero-order valence-corrected chi connectivity index (χ0v) is 13.6. The lowest BCUT2D eigenvalue weighted by Crippen LogP contribution is -2.51. The molecule has 1 saturated heterocycles. The summed E-state index contributed by atoms with van der Waals surface area (Å²) in [5, 5.41) is 9.14. The van der Waals surface area contributed by atoms with Crippen LogP contribution in [0, 0.1) is 0 Å². The van der Waals surface area contributed by atoms with Crippen molar-refractivity contribution in [3.05, 3.63) is 28.2 Å². The Balaban J connectivity index is 2.30. The molecule has 1 aliphatic rings. The molecule has 5 nitrogen and oxygen atoms in total. The fourth-order valence-electron chi connectivity index (χ4n) is 2.25. The average molecular weight is 364 g/mol. The monoisotopic (exact) mass is 363 g/mol. The SMILES string of the molecule is CC1(NS(=O)(=O)c2cc(CO)ccc2Br)CCCOC1. The van der Waals surface area contributed by atoms with Crippen LogP contribution < -0.4 is 4.72 Å². The zero-order chi connectivity index (χ0) is 14.8. The number of benzene rings is 1. The van der Waals surface area contributed by atoms with Gasteiger partial charge >= 0.3 is 0 Å². The van der Waals surface area contributed by atoms with Crippen LogP contribution in [0.1, 0.15) is 25.3 Å². The van der Waals surface area contributed by atoms with Crippen molar-refractivity contribution in [2.75, 3.05) is 13.2 Å². The van der Waals surface area contributed by atoms with Crippen LogP contribution in [0.4, 0.5) is 0 Å². The molecule has 7 heteroatoms. The van der Waals surface area contributed by atoms with Gasteiger partial charge in [0.15, 0.2) is 0 Å². The molecule has 1 atom stereocenters. The van der Waals surface area contributed by atoms with Gasteiger partial charge in [-0.15, -0.1) is 0 Å². The van der Waals surface area contributed by atoms with Gasteiger partial charge in [-0.3, -0.25) is 0 Å². The van der Waals surface area contributed by atoms with Crippen LogP contribution in [0.5, 0.6) is 0 Å². The van der Waals surface area contributed by atoms with Gasteiger partial charge in [0, 0.05) is 11.1 Å². The Morgan fingerprint density at radius 2 is 2.25 bits per heavy atom. The van der Waals surface area contributed by atoms with E-state index in [0.717, 1.165) is 12.8 Å². The Morgan fingerprint density at radius 3 is 2.85 bits per heavy atom. The van der Waals surface area contributed by atoms with E-state index in [0.29, 0.717) is 23.2 Å². The molecule has 1 unspecified atom stereocenters. The van der Waals surface area contributed by atoms with Crippen LogP contribution in [0.2, 0.25) is 0 Å². The fraction of sp³-hybridized carbons (Fsp3) is 0.538. The van der Waals surface area contributed by atoms with Crippen LogP contribution in [0.25, 0.3) is 0 Å². The zero-order valence-electron chi connectivity index (χ0n) is 11.2. The summed E-state index contributed by atoms with van der Waals surface area (Å²) in [5.41, 5.74) is -0.0372. The van der Waals surface area contributed by atoms with Gasteiger partial charge in [0.2, 0.25) is 10.0 Å². The van der Waals surface area contributed by atoms with Crippen molar-refractivity contribution < 1.29 is 18.3 Å². The second kappa shape index (κ2) is 6.11. The first-order valence-electron chi connectivity index (χ1n) is 6.37.